The van der Waals surface area contributed by atoms with E-state index in [2.05, 4.69) is 5.32 Å². The van der Waals surface area contributed by atoms with Gasteiger partial charge in [-0.3, -0.25) is 0 Å². The van der Waals surface area contributed by atoms with E-state index in [1.165, 1.54) is 13.2 Å². The number of nitrogens with one attached hydrogen (secondary N) is 1. The van der Waals surface area contributed by atoms with E-state index in [0.717, 1.165) is 0 Å². The molecular formula is C20H19FN4O3. The topological polar surface area (TPSA) is 85.7 Å². The number of hydrogen-bond donors (Lipinski definition) is 1. The van der Waals surface area contributed by atoms with Crippen molar-refractivity contribution in [3.8, 4) is 6.07 Å². The summed E-state index contributed by atoms with van der Waals surface area (Å²) in [6, 6.07) is 12.7. The first-order valence-corrected chi connectivity index (χ1v) is 8.72. The fourth-order valence-corrected chi connectivity index (χ4v) is 3.11. The number of amides is 2. The lowest BCUT2D eigenvalue weighted by atomic mass is 10.1. The highest BCUT2D eigenvalue weighted by Gasteiger charge is 2.24. The predicted molar refractivity (Wildman–Crippen MR) is 102 cm³/mol. The first-order chi connectivity index (χ1) is 13.5. The molecule has 7 nitrogen and oxygen atoms in total. The Labute approximate surface area is 161 Å². The van der Waals surface area contributed by atoms with Crippen LogP contribution in [0.3, 0.4) is 0 Å². The Morgan fingerprint density at radius 1 is 1.11 bits per heavy atom. The summed E-state index contributed by atoms with van der Waals surface area (Å²) in [5, 5.41) is 11.9. The lowest BCUT2D eigenvalue weighted by Crippen LogP contribution is -2.50. The third-order valence-corrected chi connectivity index (χ3v) is 4.58. The number of anilines is 2. The van der Waals surface area contributed by atoms with Crippen LogP contribution in [0.2, 0.25) is 0 Å². The maximum absolute atomic E-state index is 13.8. The van der Waals surface area contributed by atoms with Crippen LogP contribution in [0, 0.1) is 17.1 Å². The van der Waals surface area contributed by atoms with Gasteiger partial charge in [-0.1, -0.05) is 18.2 Å². The third kappa shape index (κ3) is 3.88. The molecule has 1 N–H and O–H groups in total. The summed E-state index contributed by atoms with van der Waals surface area (Å²) in [4.78, 5) is 27.9. The van der Waals surface area contributed by atoms with E-state index in [9.17, 15) is 19.2 Å². The monoisotopic (exact) mass is 382 g/mol. The summed E-state index contributed by atoms with van der Waals surface area (Å²) in [5.41, 5.74) is 1.18. The average Bonchev–Trinajstić information content (AvgIpc) is 2.73. The van der Waals surface area contributed by atoms with Crippen molar-refractivity contribution < 1.29 is 18.7 Å². The van der Waals surface area contributed by atoms with Crippen LogP contribution in [0.15, 0.2) is 42.5 Å². The molecule has 1 aliphatic heterocycles. The average molecular weight is 382 g/mol. The van der Waals surface area contributed by atoms with Gasteiger partial charge in [-0.05, 0) is 24.3 Å². The number of nitriles is 1. The van der Waals surface area contributed by atoms with Gasteiger partial charge in [0.25, 0.3) is 0 Å². The molecule has 1 fully saturated rings. The highest BCUT2D eigenvalue weighted by atomic mass is 19.1. The van der Waals surface area contributed by atoms with Gasteiger partial charge in [0.15, 0.2) is 0 Å². The van der Waals surface area contributed by atoms with Crippen molar-refractivity contribution in [1.29, 1.82) is 5.26 Å². The van der Waals surface area contributed by atoms with Crippen LogP contribution in [-0.4, -0.2) is 50.2 Å². The molecule has 0 atom stereocenters. The molecule has 2 aromatic rings. The van der Waals surface area contributed by atoms with Gasteiger partial charge in [0.05, 0.1) is 24.0 Å². The standard InChI is InChI=1S/C20H19FN4O3/c1-28-19(26)14-5-2-3-7-17(14)23-20(27)25-11-9-24(10-12-25)18-8-4-6-16(21)15(18)13-22/h2-8H,9-12H2,1H3,(H,23,27). The molecular weight excluding hydrogens is 363 g/mol. The Hall–Kier alpha value is -3.60. The number of carbonyl (C=O) groups excluding carboxylic acids is 2. The van der Waals surface area contributed by atoms with Gasteiger partial charge in [-0.25, -0.2) is 14.0 Å². The van der Waals surface area contributed by atoms with Gasteiger partial charge in [0.2, 0.25) is 0 Å². The van der Waals surface area contributed by atoms with Crippen molar-refractivity contribution in [3.05, 3.63) is 59.4 Å². The number of benzene rings is 2. The Morgan fingerprint density at radius 2 is 1.82 bits per heavy atom. The molecule has 0 saturated carbocycles. The number of ether oxygens (including phenoxy) is 1. The largest absolute Gasteiger partial charge is 0.465 e. The SMILES string of the molecule is COC(=O)c1ccccc1NC(=O)N1CCN(c2cccc(F)c2C#N)CC1. The summed E-state index contributed by atoms with van der Waals surface area (Å²) < 4.78 is 18.6. The number of methoxy groups -OCH3 is 1. The van der Waals surface area contributed by atoms with E-state index >= 15 is 0 Å². The number of para-hydroxylation sites is 1. The second kappa shape index (κ2) is 8.39. The summed E-state index contributed by atoms with van der Waals surface area (Å²) >= 11 is 0. The quantitative estimate of drug-likeness (QED) is 0.825. The summed E-state index contributed by atoms with van der Waals surface area (Å²) in [5.74, 6) is -1.09. The van der Waals surface area contributed by atoms with Gasteiger partial charge in [0, 0.05) is 26.2 Å². The second-order valence-corrected chi connectivity index (χ2v) is 6.19. The van der Waals surface area contributed by atoms with Crippen molar-refractivity contribution in [2.75, 3.05) is 43.5 Å². The van der Waals surface area contributed by atoms with Crippen LogP contribution in [0.4, 0.5) is 20.6 Å². The van der Waals surface area contributed by atoms with E-state index in [1.807, 2.05) is 11.0 Å². The maximum atomic E-state index is 13.8. The predicted octanol–water partition coefficient (Wildman–Crippen LogP) is 2.84. The minimum Gasteiger partial charge on any atom is -0.465 e. The number of nitrogens with zero attached hydrogens (tertiary/aromatic N) is 3. The molecule has 2 amide bonds. The van der Waals surface area contributed by atoms with Gasteiger partial charge in [-0.15, -0.1) is 0 Å². The van der Waals surface area contributed by atoms with Gasteiger partial charge >= 0.3 is 12.0 Å². The number of rotatable bonds is 3. The van der Waals surface area contributed by atoms with E-state index in [-0.39, 0.29) is 17.2 Å². The highest BCUT2D eigenvalue weighted by molar-refractivity contribution is 6.00. The molecule has 0 bridgehead atoms. The van der Waals surface area contributed by atoms with E-state index in [0.29, 0.717) is 37.6 Å². The first kappa shape index (κ1) is 19.2. The van der Waals surface area contributed by atoms with Crippen LogP contribution < -0.4 is 10.2 Å². The first-order valence-electron chi connectivity index (χ1n) is 8.72. The van der Waals surface area contributed by atoms with Crippen LogP contribution in [0.1, 0.15) is 15.9 Å². The van der Waals surface area contributed by atoms with Crippen LogP contribution in [-0.2, 0) is 4.74 Å². The van der Waals surface area contributed by atoms with Crippen molar-refractivity contribution in [2.45, 2.75) is 0 Å². The van der Waals surface area contributed by atoms with E-state index in [4.69, 9.17) is 4.74 Å². The van der Waals surface area contributed by atoms with Gasteiger partial charge < -0.3 is 19.9 Å². The molecule has 1 heterocycles. The number of carbonyl (C=O) groups is 2. The number of halogens is 1. The summed E-state index contributed by atoms with van der Waals surface area (Å²) in [6.45, 7) is 1.72. The maximum Gasteiger partial charge on any atom is 0.339 e. The van der Waals surface area contributed by atoms with Gasteiger partial charge in [0.1, 0.15) is 17.4 Å². The normalized spacial score (nSPS) is 13.6. The molecule has 144 valence electrons. The molecule has 0 aromatic heterocycles. The molecule has 0 radical (unpaired) electrons. The smallest absolute Gasteiger partial charge is 0.339 e. The Balaban J connectivity index is 1.66. The number of hydrogen-bond acceptors (Lipinski definition) is 5. The fourth-order valence-electron chi connectivity index (χ4n) is 3.11. The second-order valence-electron chi connectivity index (χ2n) is 6.19. The van der Waals surface area contributed by atoms with Crippen LogP contribution in [0.25, 0.3) is 0 Å². The van der Waals surface area contributed by atoms with Crippen molar-refractivity contribution in [2.24, 2.45) is 0 Å². The Morgan fingerprint density at radius 3 is 2.50 bits per heavy atom. The fraction of sp³-hybridized carbons (Fsp3) is 0.250. The molecule has 1 aliphatic rings. The highest BCUT2D eigenvalue weighted by Crippen LogP contribution is 2.24. The Bertz CT molecular complexity index is 933. The summed E-state index contributed by atoms with van der Waals surface area (Å²) in [7, 11) is 1.28. The van der Waals surface area contributed by atoms with Gasteiger partial charge in [-0.2, -0.15) is 5.26 Å². The van der Waals surface area contributed by atoms with Crippen LogP contribution >= 0.6 is 0 Å². The number of urea groups is 1. The van der Waals surface area contributed by atoms with E-state index < -0.39 is 11.8 Å². The lowest BCUT2D eigenvalue weighted by molar-refractivity contribution is 0.0602. The third-order valence-electron chi connectivity index (χ3n) is 4.58. The Kier molecular flexibility index (Phi) is 5.75. The number of piperazine rings is 1. The molecule has 8 heteroatoms. The van der Waals surface area contributed by atoms with Crippen molar-refractivity contribution in [3.63, 3.8) is 0 Å². The lowest BCUT2D eigenvalue weighted by Gasteiger charge is -2.36. The minimum absolute atomic E-state index is 0.00686. The molecule has 3 rings (SSSR count). The van der Waals surface area contributed by atoms with Crippen molar-refractivity contribution >= 4 is 23.4 Å². The molecule has 28 heavy (non-hydrogen) atoms. The molecule has 0 aliphatic carbocycles. The molecule has 2 aromatic carbocycles. The van der Waals surface area contributed by atoms with Crippen molar-refractivity contribution in [1.82, 2.24) is 4.90 Å². The zero-order chi connectivity index (χ0) is 20.1. The molecule has 1 saturated heterocycles. The number of esters is 1. The molecule has 0 spiro atoms. The van der Waals surface area contributed by atoms with Crippen LogP contribution in [0.5, 0.6) is 0 Å². The summed E-state index contributed by atoms with van der Waals surface area (Å²) in [6.07, 6.45) is 0. The minimum atomic E-state index is -0.556. The zero-order valence-electron chi connectivity index (χ0n) is 15.3. The zero-order valence-corrected chi connectivity index (χ0v) is 15.3. The van der Waals surface area contributed by atoms with E-state index in [1.54, 1.807) is 41.3 Å². The molecule has 0 unspecified atom stereocenters.